The summed E-state index contributed by atoms with van der Waals surface area (Å²) in [5, 5.41) is 11.7. The number of fused-ring (bicyclic) bond motifs is 2. The van der Waals surface area contributed by atoms with Crippen LogP contribution in [0.3, 0.4) is 0 Å². The van der Waals surface area contributed by atoms with Gasteiger partial charge in [-0.05, 0) is 35.9 Å². The molecular weight excluding hydrogens is 243 g/mol. The van der Waals surface area contributed by atoms with Crippen LogP contribution in [0.25, 0.3) is 33.1 Å². The molecule has 92 valence electrons. The molecule has 2 aromatic carbocycles. The SMILES string of the molecule is Fc1ccc2c(-c3ccc4n[nH]nc4c3)c[nH]c2c1. The Morgan fingerprint density at radius 3 is 2.79 bits per heavy atom. The number of hydrogen-bond acceptors (Lipinski definition) is 2. The molecule has 0 aliphatic carbocycles. The smallest absolute Gasteiger partial charge is 0.125 e. The highest BCUT2D eigenvalue weighted by Crippen LogP contribution is 2.30. The second-order valence-corrected chi connectivity index (χ2v) is 4.42. The van der Waals surface area contributed by atoms with Crippen molar-refractivity contribution in [1.82, 2.24) is 20.4 Å². The van der Waals surface area contributed by atoms with Gasteiger partial charge in [0.25, 0.3) is 0 Å². The van der Waals surface area contributed by atoms with Gasteiger partial charge < -0.3 is 4.98 Å². The molecule has 0 fully saturated rings. The van der Waals surface area contributed by atoms with Crippen molar-refractivity contribution in [1.29, 1.82) is 0 Å². The second kappa shape index (κ2) is 3.65. The number of aromatic nitrogens is 4. The minimum Gasteiger partial charge on any atom is -0.360 e. The van der Waals surface area contributed by atoms with Crippen LogP contribution < -0.4 is 0 Å². The van der Waals surface area contributed by atoms with Gasteiger partial charge in [0.05, 0.1) is 0 Å². The van der Waals surface area contributed by atoms with Crippen molar-refractivity contribution in [3.05, 3.63) is 48.4 Å². The Morgan fingerprint density at radius 2 is 1.84 bits per heavy atom. The predicted molar refractivity (Wildman–Crippen MR) is 71.1 cm³/mol. The Labute approximate surface area is 107 Å². The Morgan fingerprint density at radius 1 is 0.947 bits per heavy atom. The number of nitrogens with zero attached hydrogens (tertiary/aromatic N) is 2. The van der Waals surface area contributed by atoms with Crippen LogP contribution in [0.15, 0.2) is 42.6 Å². The molecule has 2 heterocycles. The summed E-state index contributed by atoms with van der Waals surface area (Å²) in [6.45, 7) is 0. The number of nitrogens with one attached hydrogen (secondary N) is 2. The van der Waals surface area contributed by atoms with E-state index in [-0.39, 0.29) is 5.82 Å². The third-order valence-corrected chi connectivity index (χ3v) is 3.27. The number of rotatable bonds is 1. The lowest BCUT2D eigenvalue weighted by Crippen LogP contribution is -1.78. The van der Waals surface area contributed by atoms with Gasteiger partial charge in [-0.2, -0.15) is 15.4 Å². The molecule has 4 rings (SSSR count). The van der Waals surface area contributed by atoms with Crippen molar-refractivity contribution in [3.63, 3.8) is 0 Å². The quantitative estimate of drug-likeness (QED) is 0.546. The highest BCUT2D eigenvalue weighted by molar-refractivity contribution is 5.97. The molecule has 4 nitrogen and oxygen atoms in total. The fourth-order valence-electron chi connectivity index (χ4n) is 2.35. The van der Waals surface area contributed by atoms with Crippen LogP contribution in [0, 0.1) is 5.82 Å². The lowest BCUT2D eigenvalue weighted by atomic mass is 10.0. The Kier molecular flexibility index (Phi) is 1.97. The van der Waals surface area contributed by atoms with Gasteiger partial charge in [-0.15, -0.1) is 0 Å². The molecule has 0 saturated heterocycles. The van der Waals surface area contributed by atoms with Gasteiger partial charge in [0.2, 0.25) is 0 Å². The van der Waals surface area contributed by atoms with Crippen molar-refractivity contribution in [2.45, 2.75) is 0 Å². The molecule has 0 saturated carbocycles. The third-order valence-electron chi connectivity index (χ3n) is 3.27. The van der Waals surface area contributed by atoms with Gasteiger partial charge in [0.15, 0.2) is 0 Å². The van der Waals surface area contributed by atoms with Gasteiger partial charge in [0, 0.05) is 22.7 Å². The third kappa shape index (κ3) is 1.52. The standard InChI is InChI=1S/C14H9FN4/c15-9-2-3-10-11(7-16-13(10)6-9)8-1-4-12-14(5-8)18-19-17-12/h1-7,16H,(H,17,18,19). The Hall–Kier alpha value is -2.69. The number of aromatic amines is 2. The predicted octanol–water partition coefficient (Wildman–Crippen LogP) is 3.25. The van der Waals surface area contributed by atoms with E-state index < -0.39 is 0 Å². The molecule has 0 spiro atoms. The molecule has 2 aromatic heterocycles. The normalized spacial score (nSPS) is 11.4. The van der Waals surface area contributed by atoms with Crippen LogP contribution in [0.4, 0.5) is 4.39 Å². The summed E-state index contributed by atoms with van der Waals surface area (Å²) in [4.78, 5) is 3.09. The van der Waals surface area contributed by atoms with Crippen LogP contribution in [-0.2, 0) is 0 Å². The minimum absolute atomic E-state index is 0.243. The summed E-state index contributed by atoms with van der Waals surface area (Å²) in [5.41, 5.74) is 4.48. The number of benzene rings is 2. The van der Waals surface area contributed by atoms with E-state index in [0.29, 0.717) is 0 Å². The van der Waals surface area contributed by atoms with Gasteiger partial charge in [-0.25, -0.2) is 4.39 Å². The maximum absolute atomic E-state index is 13.2. The summed E-state index contributed by atoms with van der Waals surface area (Å²) in [7, 11) is 0. The molecule has 2 N–H and O–H groups in total. The van der Waals surface area contributed by atoms with Crippen LogP contribution in [0.1, 0.15) is 0 Å². The van der Waals surface area contributed by atoms with E-state index in [0.717, 1.165) is 33.1 Å². The molecule has 19 heavy (non-hydrogen) atoms. The van der Waals surface area contributed by atoms with Gasteiger partial charge in [-0.1, -0.05) is 6.07 Å². The molecule has 5 heteroatoms. The van der Waals surface area contributed by atoms with E-state index >= 15 is 0 Å². The Bertz CT molecular complexity index is 891. The van der Waals surface area contributed by atoms with Crippen LogP contribution in [0.2, 0.25) is 0 Å². The highest BCUT2D eigenvalue weighted by Gasteiger charge is 2.08. The summed E-state index contributed by atoms with van der Waals surface area (Å²) < 4.78 is 13.2. The average molecular weight is 252 g/mol. The zero-order valence-electron chi connectivity index (χ0n) is 9.81. The van der Waals surface area contributed by atoms with Crippen LogP contribution in [-0.4, -0.2) is 20.4 Å². The fraction of sp³-hybridized carbons (Fsp3) is 0. The second-order valence-electron chi connectivity index (χ2n) is 4.42. The van der Waals surface area contributed by atoms with Crippen LogP contribution in [0.5, 0.6) is 0 Å². The van der Waals surface area contributed by atoms with Crippen molar-refractivity contribution in [3.8, 4) is 11.1 Å². The topological polar surface area (TPSA) is 57.4 Å². The summed E-state index contributed by atoms with van der Waals surface area (Å²) >= 11 is 0. The lowest BCUT2D eigenvalue weighted by molar-refractivity contribution is 0.629. The molecule has 0 bridgehead atoms. The molecule has 0 aliphatic heterocycles. The zero-order valence-corrected chi connectivity index (χ0v) is 9.81. The fourth-order valence-corrected chi connectivity index (χ4v) is 2.35. The molecule has 0 aliphatic rings. The highest BCUT2D eigenvalue weighted by atomic mass is 19.1. The molecule has 4 aromatic rings. The lowest BCUT2D eigenvalue weighted by Gasteiger charge is -1.99. The first kappa shape index (κ1) is 10.3. The molecule has 0 atom stereocenters. The molecule has 0 unspecified atom stereocenters. The first-order valence-corrected chi connectivity index (χ1v) is 5.89. The van der Waals surface area contributed by atoms with Crippen molar-refractivity contribution in [2.75, 3.05) is 0 Å². The van der Waals surface area contributed by atoms with Gasteiger partial charge in [-0.3, -0.25) is 0 Å². The van der Waals surface area contributed by atoms with E-state index in [1.54, 1.807) is 6.07 Å². The molecular formula is C14H9FN4. The van der Waals surface area contributed by atoms with E-state index in [1.807, 2.05) is 24.4 Å². The van der Waals surface area contributed by atoms with E-state index in [4.69, 9.17) is 0 Å². The van der Waals surface area contributed by atoms with E-state index in [1.165, 1.54) is 12.1 Å². The molecule has 0 radical (unpaired) electrons. The summed E-state index contributed by atoms with van der Waals surface area (Å²) in [6, 6.07) is 10.6. The Balaban J connectivity index is 1.97. The van der Waals surface area contributed by atoms with Crippen molar-refractivity contribution >= 4 is 21.9 Å². The maximum Gasteiger partial charge on any atom is 0.125 e. The monoisotopic (exact) mass is 252 g/mol. The average Bonchev–Trinajstić information content (AvgIpc) is 3.02. The van der Waals surface area contributed by atoms with Gasteiger partial charge in [0.1, 0.15) is 16.9 Å². The van der Waals surface area contributed by atoms with Crippen molar-refractivity contribution in [2.24, 2.45) is 0 Å². The summed E-state index contributed by atoms with van der Waals surface area (Å²) in [6.07, 6.45) is 1.88. The zero-order chi connectivity index (χ0) is 12.8. The first-order valence-electron chi connectivity index (χ1n) is 5.89. The first-order chi connectivity index (χ1) is 9.31. The number of halogens is 1. The number of hydrogen-bond donors (Lipinski definition) is 2. The van der Waals surface area contributed by atoms with E-state index in [2.05, 4.69) is 20.4 Å². The largest absolute Gasteiger partial charge is 0.360 e. The number of H-pyrrole nitrogens is 2. The summed E-state index contributed by atoms with van der Waals surface area (Å²) in [5.74, 6) is -0.243. The maximum atomic E-state index is 13.2. The molecule has 0 amide bonds. The van der Waals surface area contributed by atoms with E-state index in [9.17, 15) is 4.39 Å². The van der Waals surface area contributed by atoms with Crippen LogP contribution >= 0.6 is 0 Å². The van der Waals surface area contributed by atoms with Gasteiger partial charge >= 0.3 is 0 Å². The van der Waals surface area contributed by atoms with Crippen molar-refractivity contribution < 1.29 is 4.39 Å². The minimum atomic E-state index is -0.243.